The fourth-order valence-electron chi connectivity index (χ4n) is 1.31. The monoisotopic (exact) mass is 232 g/mol. The van der Waals surface area contributed by atoms with Gasteiger partial charge in [0, 0.05) is 0 Å². The third-order valence-electron chi connectivity index (χ3n) is 1.93. The lowest BCUT2D eigenvalue weighted by Crippen LogP contribution is -2.25. The van der Waals surface area contributed by atoms with Crippen LogP contribution in [0.1, 0.15) is 24.9 Å². The fourth-order valence-corrected chi connectivity index (χ4v) is 1.78. The molecule has 1 aromatic heterocycles. The molecule has 66 valence electrons. The minimum atomic E-state index is -0.849. The number of halogens is 1. The van der Waals surface area contributed by atoms with E-state index in [1.165, 1.54) is 0 Å². The Balaban J connectivity index is 2.50. The van der Waals surface area contributed by atoms with Crippen LogP contribution in [0.15, 0.2) is 10.7 Å². The molecule has 1 aliphatic heterocycles. The molecular weight excluding hydrogens is 224 g/mol. The zero-order chi connectivity index (χ0) is 8.72. The molecule has 0 fully saturated rings. The van der Waals surface area contributed by atoms with Gasteiger partial charge >= 0.3 is 0 Å². The standard InChI is InChI=1S/C7H9BrN2O2/c1-4-3-12-7(11)6-5(8)2-9-10(4)6/h2,4,7,11H,3H2,1H3/t4-,7?/m1/s1. The van der Waals surface area contributed by atoms with Crippen molar-refractivity contribution in [3.63, 3.8) is 0 Å². The van der Waals surface area contributed by atoms with E-state index in [0.29, 0.717) is 12.3 Å². The second-order valence-corrected chi connectivity index (χ2v) is 3.71. The number of aliphatic hydroxyl groups is 1. The first kappa shape index (κ1) is 8.22. The van der Waals surface area contributed by atoms with Gasteiger partial charge < -0.3 is 9.84 Å². The normalized spacial score (nSPS) is 28.6. The molecule has 0 spiro atoms. The molecule has 5 heteroatoms. The van der Waals surface area contributed by atoms with E-state index in [2.05, 4.69) is 21.0 Å². The summed E-state index contributed by atoms with van der Waals surface area (Å²) in [6.45, 7) is 2.50. The van der Waals surface area contributed by atoms with Crippen molar-refractivity contribution in [3.05, 3.63) is 16.4 Å². The summed E-state index contributed by atoms with van der Waals surface area (Å²) >= 11 is 3.30. The Hall–Kier alpha value is -0.390. The highest BCUT2D eigenvalue weighted by Crippen LogP contribution is 2.30. The number of rotatable bonds is 0. The van der Waals surface area contributed by atoms with Crippen LogP contribution in [-0.2, 0) is 4.74 Å². The molecule has 2 atom stereocenters. The van der Waals surface area contributed by atoms with Crippen molar-refractivity contribution >= 4 is 15.9 Å². The minimum Gasteiger partial charge on any atom is -0.363 e. The highest BCUT2D eigenvalue weighted by Gasteiger charge is 2.26. The number of ether oxygens (including phenoxy) is 1. The molecule has 0 radical (unpaired) electrons. The van der Waals surface area contributed by atoms with Gasteiger partial charge in [-0.25, -0.2) is 0 Å². The van der Waals surface area contributed by atoms with Crippen molar-refractivity contribution in [1.29, 1.82) is 0 Å². The Morgan fingerprint density at radius 3 is 3.25 bits per heavy atom. The summed E-state index contributed by atoms with van der Waals surface area (Å²) in [6.07, 6.45) is 0.821. The molecule has 1 aliphatic rings. The number of hydrogen-bond acceptors (Lipinski definition) is 3. The summed E-state index contributed by atoms with van der Waals surface area (Å²) in [7, 11) is 0. The molecule has 1 N–H and O–H groups in total. The third-order valence-corrected chi connectivity index (χ3v) is 2.54. The maximum absolute atomic E-state index is 9.44. The predicted octanol–water partition coefficient (Wildman–Crippen LogP) is 1.23. The first-order chi connectivity index (χ1) is 5.70. The van der Waals surface area contributed by atoms with E-state index >= 15 is 0 Å². The topological polar surface area (TPSA) is 47.3 Å². The molecule has 0 aromatic carbocycles. The quantitative estimate of drug-likeness (QED) is 0.733. The summed E-state index contributed by atoms with van der Waals surface area (Å²) in [5, 5.41) is 13.6. The van der Waals surface area contributed by atoms with E-state index in [1.54, 1.807) is 10.9 Å². The van der Waals surface area contributed by atoms with Crippen LogP contribution in [0.4, 0.5) is 0 Å². The lowest BCUT2D eigenvalue weighted by Gasteiger charge is -2.25. The van der Waals surface area contributed by atoms with Crippen molar-refractivity contribution in [2.45, 2.75) is 19.3 Å². The highest BCUT2D eigenvalue weighted by molar-refractivity contribution is 9.10. The van der Waals surface area contributed by atoms with Crippen molar-refractivity contribution in [2.75, 3.05) is 6.61 Å². The summed E-state index contributed by atoms with van der Waals surface area (Å²) in [5.41, 5.74) is 0.703. The second-order valence-electron chi connectivity index (χ2n) is 2.86. The van der Waals surface area contributed by atoms with Crippen LogP contribution < -0.4 is 0 Å². The molecule has 0 amide bonds. The van der Waals surface area contributed by atoms with Crippen molar-refractivity contribution < 1.29 is 9.84 Å². The molecule has 1 aromatic rings. The summed E-state index contributed by atoms with van der Waals surface area (Å²) in [5.74, 6) is 0. The van der Waals surface area contributed by atoms with Gasteiger partial charge in [-0.3, -0.25) is 4.68 Å². The van der Waals surface area contributed by atoms with Crippen molar-refractivity contribution in [3.8, 4) is 0 Å². The van der Waals surface area contributed by atoms with E-state index < -0.39 is 6.29 Å². The molecule has 0 bridgehead atoms. The zero-order valence-corrected chi connectivity index (χ0v) is 8.15. The molecule has 2 heterocycles. The van der Waals surface area contributed by atoms with Crippen LogP contribution in [0.5, 0.6) is 0 Å². The van der Waals surface area contributed by atoms with Gasteiger partial charge in [0.2, 0.25) is 0 Å². The van der Waals surface area contributed by atoms with E-state index in [4.69, 9.17) is 4.74 Å². The van der Waals surface area contributed by atoms with Gasteiger partial charge in [-0.2, -0.15) is 5.10 Å². The molecule has 4 nitrogen and oxygen atoms in total. The molecule has 0 aliphatic carbocycles. The molecule has 12 heavy (non-hydrogen) atoms. The van der Waals surface area contributed by atoms with Crippen LogP contribution in [0.3, 0.4) is 0 Å². The van der Waals surface area contributed by atoms with Crippen LogP contribution in [0.2, 0.25) is 0 Å². The van der Waals surface area contributed by atoms with Crippen LogP contribution >= 0.6 is 15.9 Å². The Bertz CT molecular complexity index is 300. The summed E-state index contributed by atoms with van der Waals surface area (Å²) < 4.78 is 7.69. The number of fused-ring (bicyclic) bond motifs is 1. The molecule has 2 rings (SSSR count). The summed E-state index contributed by atoms with van der Waals surface area (Å²) in [4.78, 5) is 0. The lowest BCUT2D eigenvalue weighted by atomic mass is 10.3. The van der Waals surface area contributed by atoms with E-state index in [9.17, 15) is 5.11 Å². The van der Waals surface area contributed by atoms with E-state index in [-0.39, 0.29) is 6.04 Å². The van der Waals surface area contributed by atoms with Gasteiger partial charge in [-0.05, 0) is 22.9 Å². The Morgan fingerprint density at radius 2 is 2.58 bits per heavy atom. The maximum atomic E-state index is 9.44. The average molecular weight is 233 g/mol. The third kappa shape index (κ3) is 1.09. The van der Waals surface area contributed by atoms with Crippen LogP contribution in [0, 0.1) is 0 Å². The number of hydrogen-bond donors (Lipinski definition) is 1. The first-order valence-electron chi connectivity index (χ1n) is 3.72. The van der Waals surface area contributed by atoms with E-state index in [0.717, 1.165) is 4.47 Å². The Labute approximate surface area is 78.3 Å². The molecule has 0 saturated heterocycles. The van der Waals surface area contributed by atoms with E-state index in [1.807, 2.05) is 6.92 Å². The van der Waals surface area contributed by atoms with Gasteiger partial charge in [0.25, 0.3) is 0 Å². The van der Waals surface area contributed by atoms with Gasteiger partial charge in [0.05, 0.1) is 23.3 Å². The van der Waals surface area contributed by atoms with Crippen LogP contribution in [0.25, 0.3) is 0 Å². The average Bonchev–Trinajstić information content (AvgIpc) is 2.42. The number of aliphatic hydroxyl groups excluding tert-OH is 1. The van der Waals surface area contributed by atoms with Crippen molar-refractivity contribution in [1.82, 2.24) is 9.78 Å². The number of aromatic nitrogens is 2. The fraction of sp³-hybridized carbons (Fsp3) is 0.571. The molecule has 0 saturated carbocycles. The SMILES string of the molecule is C[C@@H]1COC(O)c2c(Br)cnn21. The lowest BCUT2D eigenvalue weighted by molar-refractivity contribution is -0.134. The highest BCUT2D eigenvalue weighted by atomic mass is 79.9. The first-order valence-corrected chi connectivity index (χ1v) is 4.52. The summed E-state index contributed by atoms with van der Waals surface area (Å²) in [6, 6.07) is 0.190. The zero-order valence-electron chi connectivity index (χ0n) is 6.57. The Kier molecular flexibility index (Phi) is 1.94. The van der Waals surface area contributed by atoms with Gasteiger partial charge in [-0.15, -0.1) is 0 Å². The predicted molar refractivity (Wildman–Crippen MR) is 45.5 cm³/mol. The Morgan fingerprint density at radius 1 is 1.83 bits per heavy atom. The minimum absolute atomic E-state index is 0.190. The maximum Gasteiger partial charge on any atom is 0.199 e. The van der Waals surface area contributed by atoms with Crippen molar-refractivity contribution in [2.24, 2.45) is 0 Å². The largest absolute Gasteiger partial charge is 0.363 e. The number of nitrogens with zero attached hydrogens (tertiary/aromatic N) is 2. The molecule has 1 unspecified atom stereocenters. The smallest absolute Gasteiger partial charge is 0.199 e. The van der Waals surface area contributed by atoms with Gasteiger partial charge in [0.15, 0.2) is 6.29 Å². The van der Waals surface area contributed by atoms with Gasteiger partial charge in [0.1, 0.15) is 5.69 Å². The van der Waals surface area contributed by atoms with Gasteiger partial charge in [-0.1, -0.05) is 0 Å². The molecular formula is C7H9BrN2O2. The second kappa shape index (κ2) is 2.83. The van der Waals surface area contributed by atoms with Crippen LogP contribution in [-0.4, -0.2) is 21.5 Å².